The predicted octanol–water partition coefficient (Wildman–Crippen LogP) is 3.30. The summed E-state index contributed by atoms with van der Waals surface area (Å²) < 4.78 is 2.06. The first-order valence-corrected chi connectivity index (χ1v) is 6.95. The highest BCUT2D eigenvalue weighted by Gasteiger charge is 2.31. The van der Waals surface area contributed by atoms with Crippen molar-refractivity contribution in [2.75, 3.05) is 7.05 Å². The van der Waals surface area contributed by atoms with Crippen LogP contribution in [-0.2, 0) is 0 Å². The quantitative estimate of drug-likeness (QED) is 0.418. The molecule has 0 aliphatic carbocycles. The maximum absolute atomic E-state index is 5.34. The van der Waals surface area contributed by atoms with Crippen LogP contribution < -0.4 is 5.43 Å². The summed E-state index contributed by atoms with van der Waals surface area (Å²) >= 11 is 5.34. The van der Waals surface area contributed by atoms with Gasteiger partial charge >= 0.3 is 0 Å². The topological polar surface area (TPSA) is 15.0 Å². The van der Waals surface area contributed by atoms with Gasteiger partial charge in [0.15, 0.2) is 12.8 Å². The van der Waals surface area contributed by atoms with Crippen LogP contribution in [0.3, 0.4) is 0 Å². The van der Waals surface area contributed by atoms with Gasteiger partial charge in [0, 0.05) is 6.92 Å². The third-order valence-electron chi connectivity index (χ3n) is 3.47. The van der Waals surface area contributed by atoms with E-state index in [-0.39, 0.29) is 0 Å². The van der Waals surface area contributed by atoms with Gasteiger partial charge in [-0.1, -0.05) is 57.7 Å². The fraction of sp³-hybridized carbons (Fsp3) is 0.846. The van der Waals surface area contributed by atoms with Crippen LogP contribution >= 0.6 is 12.2 Å². The minimum Gasteiger partial charge on any atom is -0.159 e. The summed E-state index contributed by atoms with van der Waals surface area (Å²) in [5.74, 6) is 0.492. The monoisotopic (exact) mass is 241 g/mol. The molecule has 0 amide bonds. The number of hydrogen-bond acceptors (Lipinski definition) is 1. The SMILES string of the molecule is CCCCCCCCC1C(=S)N[N+](C)=C1C. The molecule has 0 aromatic carbocycles. The molecule has 1 rings (SSSR count). The largest absolute Gasteiger partial charge is 0.189 e. The Labute approximate surface area is 105 Å². The van der Waals surface area contributed by atoms with Crippen LogP contribution in [0, 0.1) is 5.92 Å². The number of nitrogens with zero attached hydrogens (tertiary/aromatic N) is 1. The van der Waals surface area contributed by atoms with Gasteiger partial charge in [-0.15, -0.1) is 4.68 Å². The summed E-state index contributed by atoms with van der Waals surface area (Å²) in [6.45, 7) is 4.44. The van der Waals surface area contributed by atoms with E-state index in [0.29, 0.717) is 5.92 Å². The minimum absolute atomic E-state index is 0.492. The van der Waals surface area contributed by atoms with Crippen LogP contribution in [0.1, 0.15) is 58.8 Å². The van der Waals surface area contributed by atoms with Gasteiger partial charge in [0.2, 0.25) is 0 Å². The van der Waals surface area contributed by atoms with E-state index in [1.807, 2.05) is 7.05 Å². The number of thiocarbonyl (C=S) groups is 1. The van der Waals surface area contributed by atoms with E-state index in [9.17, 15) is 0 Å². The molecule has 0 saturated carbocycles. The van der Waals surface area contributed by atoms with Crippen molar-refractivity contribution in [1.82, 2.24) is 5.43 Å². The molecule has 1 N–H and O–H groups in total. The average Bonchev–Trinajstić information content (AvgIpc) is 2.49. The van der Waals surface area contributed by atoms with E-state index < -0.39 is 0 Å². The van der Waals surface area contributed by atoms with Gasteiger partial charge in [-0.05, 0) is 6.42 Å². The van der Waals surface area contributed by atoms with Crippen molar-refractivity contribution in [3.05, 3.63) is 0 Å². The predicted molar refractivity (Wildman–Crippen MR) is 74.1 cm³/mol. The highest BCUT2D eigenvalue weighted by molar-refractivity contribution is 7.80. The average molecular weight is 241 g/mol. The Kier molecular flexibility index (Phi) is 5.96. The fourth-order valence-corrected chi connectivity index (χ4v) is 2.65. The number of hydrazine groups is 1. The molecule has 1 aliphatic rings. The summed E-state index contributed by atoms with van der Waals surface area (Å²) in [5.41, 5.74) is 4.58. The Morgan fingerprint density at radius 2 is 1.81 bits per heavy atom. The van der Waals surface area contributed by atoms with Crippen LogP contribution in [0.25, 0.3) is 0 Å². The zero-order valence-corrected chi connectivity index (χ0v) is 11.7. The summed E-state index contributed by atoms with van der Waals surface area (Å²) in [5, 5.41) is 0. The number of rotatable bonds is 7. The van der Waals surface area contributed by atoms with Gasteiger partial charge in [0.25, 0.3) is 0 Å². The molecular formula is C13H25N2S+. The van der Waals surface area contributed by atoms with Gasteiger partial charge < -0.3 is 0 Å². The lowest BCUT2D eigenvalue weighted by Gasteiger charge is -2.05. The Balaban J connectivity index is 2.16. The van der Waals surface area contributed by atoms with Gasteiger partial charge in [-0.2, -0.15) is 5.43 Å². The van der Waals surface area contributed by atoms with Crippen molar-refractivity contribution in [2.24, 2.45) is 5.92 Å². The first kappa shape index (κ1) is 13.6. The van der Waals surface area contributed by atoms with Crippen LogP contribution in [0.5, 0.6) is 0 Å². The summed E-state index contributed by atoms with van der Waals surface area (Å²) in [6, 6.07) is 0. The molecule has 3 heteroatoms. The van der Waals surface area contributed by atoms with Crippen molar-refractivity contribution in [3.8, 4) is 0 Å². The molecule has 16 heavy (non-hydrogen) atoms. The number of unbranched alkanes of at least 4 members (excludes halogenated alkanes) is 5. The Morgan fingerprint density at radius 1 is 1.19 bits per heavy atom. The van der Waals surface area contributed by atoms with E-state index >= 15 is 0 Å². The molecule has 0 saturated heterocycles. The summed E-state index contributed by atoms with van der Waals surface area (Å²) in [4.78, 5) is 1.01. The second-order valence-corrected chi connectivity index (χ2v) is 5.23. The van der Waals surface area contributed by atoms with Crippen LogP contribution in [0.15, 0.2) is 0 Å². The number of hydrazone groups is 1. The molecule has 1 unspecified atom stereocenters. The van der Waals surface area contributed by atoms with Gasteiger partial charge in [0.1, 0.15) is 4.99 Å². The second kappa shape index (κ2) is 7.00. The van der Waals surface area contributed by atoms with Gasteiger partial charge in [-0.3, -0.25) is 0 Å². The zero-order valence-electron chi connectivity index (χ0n) is 10.9. The second-order valence-electron chi connectivity index (χ2n) is 4.79. The standard InChI is InChI=1S/C13H24N2S/c1-4-5-6-7-8-9-10-12-11(2)15(3)14-13(12)16/h12H,4-10H2,1-3H3/p+1. The molecule has 0 aromatic heterocycles. The molecule has 2 nitrogen and oxygen atoms in total. The minimum atomic E-state index is 0.492. The lowest BCUT2D eigenvalue weighted by molar-refractivity contribution is -0.536. The maximum Gasteiger partial charge on any atom is 0.189 e. The van der Waals surface area contributed by atoms with E-state index in [0.717, 1.165) is 4.99 Å². The van der Waals surface area contributed by atoms with Crippen molar-refractivity contribution in [1.29, 1.82) is 0 Å². The molecule has 92 valence electrons. The third-order valence-corrected chi connectivity index (χ3v) is 3.85. The lowest BCUT2D eigenvalue weighted by Crippen LogP contribution is -2.24. The highest BCUT2D eigenvalue weighted by Crippen LogP contribution is 2.17. The lowest BCUT2D eigenvalue weighted by atomic mass is 9.97. The molecule has 0 fully saturated rings. The van der Waals surface area contributed by atoms with Crippen molar-refractivity contribution >= 4 is 22.9 Å². The Hall–Kier alpha value is -0.440. The van der Waals surface area contributed by atoms with E-state index in [1.165, 1.54) is 50.7 Å². The van der Waals surface area contributed by atoms with E-state index in [2.05, 4.69) is 24.0 Å². The number of hydrogen-bond donors (Lipinski definition) is 1. The molecule has 0 aromatic rings. The molecule has 1 atom stereocenters. The fourth-order valence-electron chi connectivity index (χ4n) is 2.22. The molecule has 0 radical (unpaired) electrons. The van der Waals surface area contributed by atoms with Crippen molar-refractivity contribution < 1.29 is 4.68 Å². The van der Waals surface area contributed by atoms with E-state index in [1.54, 1.807) is 0 Å². The van der Waals surface area contributed by atoms with Crippen LogP contribution in [-0.4, -0.2) is 22.4 Å². The van der Waals surface area contributed by atoms with Gasteiger partial charge in [0.05, 0.1) is 5.92 Å². The van der Waals surface area contributed by atoms with Crippen LogP contribution in [0.4, 0.5) is 0 Å². The number of nitrogens with one attached hydrogen (secondary N) is 1. The molecule has 1 aliphatic heterocycles. The van der Waals surface area contributed by atoms with Gasteiger partial charge in [-0.25, -0.2) is 0 Å². The molecule has 0 bridgehead atoms. The Morgan fingerprint density at radius 3 is 2.38 bits per heavy atom. The van der Waals surface area contributed by atoms with Crippen molar-refractivity contribution in [2.45, 2.75) is 58.8 Å². The normalized spacial score (nSPS) is 20.4. The van der Waals surface area contributed by atoms with E-state index in [4.69, 9.17) is 12.2 Å². The summed E-state index contributed by atoms with van der Waals surface area (Å²) in [7, 11) is 2.04. The smallest absolute Gasteiger partial charge is 0.159 e. The van der Waals surface area contributed by atoms with Crippen LogP contribution in [0.2, 0.25) is 0 Å². The molecule has 1 heterocycles. The first-order chi connectivity index (χ1) is 7.66. The Bertz CT molecular complexity index is 271. The summed E-state index contributed by atoms with van der Waals surface area (Å²) in [6.07, 6.45) is 9.37. The highest BCUT2D eigenvalue weighted by atomic mass is 32.1. The zero-order chi connectivity index (χ0) is 12.0. The molecular weight excluding hydrogens is 216 g/mol. The first-order valence-electron chi connectivity index (χ1n) is 6.54. The maximum atomic E-state index is 5.34. The third kappa shape index (κ3) is 3.85. The molecule has 0 spiro atoms. The van der Waals surface area contributed by atoms with Crippen molar-refractivity contribution in [3.63, 3.8) is 0 Å².